The molecular formula is C38H38O12. The standard InChI is InChI=1S/C38H38O12/c1-27(39)48-33-13-5-29(6-14-33)19-23-44-36(40)45-24-20-30-7-15-34(16-8-30)49-38(42)47-26-22-31-9-17-35(18-10-31)50-37(41)46-25-21-28-3-11-32(43-2)12-4-28/h3-18H,19-26H2,1-2H3. The molecule has 50 heavy (non-hydrogen) atoms. The third-order valence-corrected chi connectivity index (χ3v) is 7.04. The maximum Gasteiger partial charge on any atom is 0.513 e. The maximum atomic E-state index is 12.1. The molecule has 0 unspecified atom stereocenters. The zero-order valence-corrected chi connectivity index (χ0v) is 27.8. The number of ether oxygens (including phenoxy) is 8. The first-order valence-electron chi connectivity index (χ1n) is 15.8. The SMILES string of the molecule is COc1ccc(CCOC(=O)Oc2ccc(CCOC(=O)Oc3ccc(CCOC(=O)OCCc4ccc(OC(C)=O)cc4)cc3)cc2)cc1. The summed E-state index contributed by atoms with van der Waals surface area (Å²) in [6, 6.07) is 27.9. The van der Waals surface area contributed by atoms with Crippen molar-refractivity contribution < 1.29 is 57.1 Å². The van der Waals surface area contributed by atoms with Gasteiger partial charge in [-0.15, -0.1) is 0 Å². The summed E-state index contributed by atoms with van der Waals surface area (Å²) in [5.41, 5.74) is 3.64. The Bertz CT molecular complexity index is 1670. The minimum Gasteiger partial charge on any atom is -0.497 e. The summed E-state index contributed by atoms with van der Waals surface area (Å²) < 4.78 is 41.1. The van der Waals surface area contributed by atoms with Crippen molar-refractivity contribution in [1.82, 2.24) is 0 Å². The molecule has 0 aliphatic carbocycles. The van der Waals surface area contributed by atoms with E-state index in [4.69, 9.17) is 37.9 Å². The molecule has 4 rings (SSSR count). The Morgan fingerprint density at radius 1 is 0.400 bits per heavy atom. The van der Waals surface area contributed by atoms with Gasteiger partial charge in [0.1, 0.15) is 23.0 Å². The molecule has 0 amide bonds. The first kappa shape index (κ1) is 36.8. The smallest absolute Gasteiger partial charge is 0.497 e. The lowest BCUT2D eigenvalue weighted by molar-refractivity contribution is -0.131. The van der Waals surface area contributed by atoms with Crippen molar-refractivity contribution in [2.24, 2.45) is 0 Å². The Labute approximate surface area is 289 Å². The lowest BCUT2D eigenvalue weighted by atomic mass is 10.1. The van der Waals surface area contributed by atoms with Gasteiger partial charge in [-0.05, 0) is 70.8 Å². The van der Waals surface area contributed by atoms with E-state index in [1.54, 1.807) is 79.9 Å². The van der Waals surface area contributed by atoms with Crippen molar-refractivity contribution in [2.75, 3.05) is 33.5 Å². The Morgan fingerprint density at radius 2 is 0.680 bits per heavy atom. The lowest BCUT2D eigenvalue weighted by Crippen LogP contribution is -2.13. The molecule has 0 spiro atoms. The van der Waals surface area contributed by atoms with Gasteiger partial charge >= 0.3 is 24.4 Å². The van der Waals surface area contributed by atoms with Crippen LogP contribution < -0.4 is 18.9 Å². The van der Waals surface area contributed by atoms with E-state index in [9.17, 15) is 19.2 Å². The summed E-state index contributed by atoms with van der Waals surface area (Å²) in [7, 11) is 1.60. The van der Waals surface area contributed by atoms with Crippen LogP contribution in [0.15, 0.2) is 97.1 Å². The Hall–Kier alpha value is -6.04. The number of hydrogen-bond acceptors (Lipinski definition) is 12. The van der Waals surface area contributed by atoms with Crippen LogP contribution in [-0.2, 0) is 49.4 Å². The van der Waals surface area contributed by atoms with E-state index in [1.807, 2.05) is 24.3 Å². The number of carbonyl (C=O) groups is 4. The Morgan fingerprint density at radius 3 is 0.980 bits per heavy atom. The van der Waals surface area contributed by atoms with Crippen molar-refractivity contribution in [1.29, 1.82) is 0 Å². The van der Waals surface area contributed by atoms with Crippen molar-refractivity contribution in [2.45, 2.75) is 32.6 Å². The summed E-state index contributed by atoms with van der Waals surface area (Å²) in [6.07, 6.45) is -0.527. The highest BCUT2D eigenvalue weighted by Crippen LogP contribution is 2.17. The minimum absolute atomic E-state index is 0.0837. The number of rotatable bonds is 16. The second kappa shape index (κ2) is 19.7. The Balaban J connectivity index is 1.04. The van der Waals surface area contributed by atoms with E-state index < -0.39 is 24.4 Å². The van der Waals surface area contributed by atoms with Crippen LogP contribution in [0.25, 0.3) is 0 Å². The number of benzene rings is 4. The lowest BCUT2D eigenvalue weighted by Gasteiger charge is -2.09. The zero-order chi connectivity index (χ0) is 35.6. The van der Waals surface area contributed by atoms with Crippen LogP contribution in [0.2, 0.25) is 0 Å². The second-order valence-electron chi connectivity index (χ2n) is 10.7. The van der Waals surface area contributed by atoms with Crippen LogP contribution in [0.3, 0.4) is 0 Å². The van der Waals surface area contributed by atoms with Gasteiger partial charge in [-0.2, -0.15) is 0 Å². The highest BCUT2D eigenvalue weighted by atomic mass is 16.7. The van der Waals surface area contributed by atoms with Crippen molar-refractivity contribution in [3.8, 4) is 23.0 Å². The molecule has 0 fully saturated rings. The summed E-state index contributed by atoms with van der Waals surface area (Å²) in [6.45, 7) is 1.84. The van der Waals surface area contributed by atoms with E-state index in [0.29, 0.717) is 42.9 Å². The van der Waals surface area contributed by atoms with Crippen LogP contribution in [0.5, 0.6) is 23.0 Å². The van der Waals surface area contributed by atoms with Gasteiger partial charge in [0, 0.05) is 32.6 Å². The third kappa shape index (κ3) is 13.6. The molecule has 0 aliphatic heterocycles. The zero-order valence-electron chi connectivity index (χ0n) is 27.8. The molecule has 0 atom stereocenters. The van der Waals surface area contributed by atoms with Gasteiger partial charge in [0.2, 0.25) is 0 Å². The summed E-state index contributed by atoms with van der Waals surface area (Å²) in [5.74, 6) is 1.44. The van der Waals surface area contributed by atoms with Crippen LogP contribution in [-0.4, -0.2) is 58.0 Å². The predicted molar refractivity (Wildman–Crippen MR) is 180 cm³/mol. The summed E-state index contributed by atoms with van der Waals surface area (Å²) >= 11 is 0. The van der Waals surface area contributed by atoms with Gasteiger partial charge in [-0.25, -0.2) is 14.4 Å². The third-order valence-electron chi connectivity index (χ3n) is 7.04. The van der Waals surface area contributed by atoms with Gasteiger partial charge in [0.05, 0.1) is 33.5 Å². The summed E-state index contributed by atoms with van der Waals surface area (Å²) in [4.78, 5) is 47.0. The van der Waals surface area contributed by atoms with Gasteiger partial charge < -0.3 is 37.9 Å². The van der Waals surface area contributed by atoms with Crippen LogP contribution in [0.4, 0.5) is 14.4 Å². The highest BCUT2D eigenvalue weighted by molar-refractivity contribution is 5.69. The number of methoxy groups -OCH3 is 1. The van der Waals surface area contributed by atoms with Crippen molar-refractivity contribution in [3.63, 3.8) is 0 Å². The molecule has 0 aliphatic rings. The molecule has 4 aromatic carbocycles. The maximum absolute atomic E-state index is 12.1. The first-order chi connectivity index (χ1) is 24.2. The molecule has 12 heteroatoms. The number of carbonyl (C=O) groups excluding carboxylic acids is 4. The molecule has 0 radical (unpaired) electrons. The molecule has 4 aromatic rings. The van der Waals surface area contributed by atoms with E-state index in [-0.39, 0.29) is 26.4 Å². The topological polar surface area (TPSA) is 142 Å². The quantitative estimate of drug-likeness (QED) is 0.0515. The number of esters is 1. The molecule has 262 valence electrons. The van der Waals surface area contributed by atoms with E-state index >= 15 is 0 Å². The van der Waals surface area contributed by atoms with Crippen LogP contribution >= 0.6 is 0 Å². The van der Waals surface area contributed by atoms with Gasteiger partial charge in [0.25, 0.3) is 0 Å². The monoisotopic (exact) mass is 686 g/mol. The molecule has 12 nitrogen and oxygen atoms in total. The second-order valence-corrected chi connectivity index (χ2v) is 10.7. The van der Waals surface area contributed by atoms with E-state index in [1.165, 1.54) is 6.92 Å². The van der Waals surface area contributed by atoms with Gasteiger partial charge in [-0.1, -0.05) is 48.5 Å². The molecule has 0 heterocycles. The van der Waals surface area contributed by atoms with Gasteiger partial charge in [-0.3, -0.25) is 4.79 Å². The summed E-state index contributed by atoms with van der Waals surface area (Å²) in [5, 5.41) is 0. The molecule has 0 N–H and O–H groups in total. The fraction of sp³-hybridized carbons (Fsp3) is 0.263. The van der Waals surface area contributed by atoms with E-state index in [0.717, 1.165) is 28.0 Å². The largest absolute Gasteiger partial charge is 0.513 e. The first-order valence-corrected chi connectivity index (χ1v) is 15.8. The van der Waals surface area contributed by atoms with Crippen molar-refractivity contribution in [3.05, 3.63) is 119 Å². The fourth-order valence-corrected chi connectivity index (χ4v) is 4.43. The van der Waals surface area contributed by atoms with Crippen LogP contribution in [0, 0.1) is 0 Å². The number of hydrogen-bond donors (Lipinski definition) is 0. The van der Waals surface area contributed by atoms with E-state index in [2.05, 4.69) is 0 Å². The predicted octanol–water partition coefficient (Wildman–Crippen LogP) is 7.08. The average molecular weight is 687 g/mol. The minimum atomic E-state index is -0.846. The molecule has 0 bridgehead atoms. The highest BCUT2D eigenvalue weighted by Gasteiger charge is 2.10. The fourth-order valence-electron chi connectivity index (χ4n) is 4.43. The average Bonchev–Trinajstić information content (AvgIpc) is 3.10. The molecular weight excluding hydrogens is 648 g/mol. The van der Waals surface area contributed by atoms with Crippen molar-refractivity contribution >= 4 is 24.4 Å². The normalized spacial score (nSPS) is 10.4. The van der Waals surface area contributed by atoms with Gasteiger partial charge in [0.15, 0.2) is 0 Å². The van der Waals surface area contributed by atoms with Crippen LogP contribution in [0.1, 0.15) is 29.2 Å². The molecule has 0 aromatic heterocycles. The molecule has 0 saturated carbocycles. The Kier molecular flexibility index (Phi) is 14.5. The molecule has 0 saturated heterocycles.